The van der Waals surface area contributed by atoms with Crippen molar-refractivity contribution in [2.75, 3.05) is 14.2 Å². The van der Waals surface area contributed by atoms with Crippen LogP contribution in [0.1, 0.15) is 26.3 Å². The van der Waals surface area contributed by atoms with Gasteiger partial charge in [-0.2, -0.15) is 0 Å². The first-order valence-electron chi connectivity index (χ1n) is 7.89. The zero-order valence-corrected chi connectivity index (χ0v) is 14.1. The molecular weight excluding hydrogens is 316 g/mol. The number of ketones is 1. The lowest BCUT2D eigenvalue weighted by atomic mass is 9.99. The Morgan fingerprint density at radius 1 is 0.800 bits per heavy atom. The molecule has 0 fully saturated rings. The van der Waals surface area contributed by atoms with Gasteiger partial charge in [-0.15, -0.1) is 0 Å². The fourth-order valence-corrected chi connectivity index (χ4v) is 2.71. The molecule has 0 amide bonds. The average molecular weight is 334 g/mol. The van der Waals surface area contributed by atoms with Crippen molar-refractivity contribution in [3.8, 4) is 5.75 Å². The lowest BCUT2D eigenvalue weighted by Crippen LogP contribution is -2.03. The van der Waals surface area contributed by atoms with Gasteiger partial charge in [-0.25, -0.2) is 4.79 Å². The fourth-order valence-electron chi connectivity index (χ4n) is 2.71. The van der Waals surface area contributed by atoms with Crippen molar-refractivity contribution in [2.24, 2.45) is 0 Å². The second kappa shape index (κ2) is 7.18. The van der Waals surface area contributed by atoms with Gasteiger partial charge in [-0.3, -0.25) is 4.79 Å². The van der Waals surface area contributed by atoms with Gasteiger partial charge in [0.05, 0.1) is 19.8 Å². The van der Waals surface area contributed by atoms with E-state index in [2.05, 4.69) is 0 Å². The van der Waals surface area contributed by atoms with E-state index in [9.17, 15) is 9.59 Å². The van der Waals surface area contributed by atoms with Crippen molar-refractivity contribution >= 4 is 22.5 Å². The number of benzene rings is 3. The molecule has 3 rings (SSSR count). The molecule has 0 N–H and O–H groups in total. The number of esters is 1. The number of carbonyl (C=O) groups is 2. The smallest absolute Gasteiger partial charge is 0.337 e. The van der Waals surface area contributed by atoms with Crippen LogP contribution >= 0.6 is 0 Å². The molecule has 4 nitrogen and oxygen atoms in total. The molecule has 3 aromatic carbocycles. The molecule has 0 unspecified atom stereocenters. The van der Waals surface area contributed by atoms with Gasteiger partial charge in [0.25, 0.3) is 0 Å². The molecule has 0 saturated heterocycles. The molecule has 0 radical (unpaired) electrons. The number of Topliss-reactive ketones (excluding diaryl/α,β-unsaturated/α-hetero) is 1. The van der Waals surface area contributed by atoms with Gasteiger partial charge in [-0.05, 0) is 52.7 Å². The third-order valence-electron chi connectivity index (χ3n) is 4.10. The van der Waals surface area contributed by atoms with E-state index in [0.717, 1.165) is 22.1 Å². The Morgan fingerprint density at radius 2 is 1.44 bits per heavy atom. The molecule has 0 bridgehead atoms. The van der Waals surface area contributed by atoms with E-state index in [4.69, 9.17) is 9.47 Å². The van der Waals surface area contributed by atoms with Gasteiger partial charge in [0.1, 0.15) is 5.75 Å². The van der Waals surface area contributed by atoms with Crippen LogP contribution in [0, 0.1) is 0 Å². The predicted molar refractivity (Wildman–Crippen MR) is 96.3 cm³/mol. The van der Waals surface area contributed by atoms with Crippen LogP contribution in [0.4, 0.5) is 0 Å². The zero-order valence-electron chi connectivity index (χ0n) is 14.1. The summed E-state index contributed by atoms with van der Waals surface area (Å²) in [6, 6.07) is 18.3. The van der Waals surface area contributed by atoms with Crippen LogP contribution in [-0.2, 0) is 11.2 Å². The van der Waals surface area contributed by atoms with Gasteiger partial charge < -0.3 is 9.47 Å². The third kappa shape index (κ3) is 3.69. The number of rotatable bonds is 5. The van der Waals surface area contributed by atoms with Crippen molar-refractivity contribution in [1.82, 2.24) is 0 Å². The standard InChI is InChI=1S/C21H18O4/c1-24-19-9-7-15(8-10-19)20(22)12-14-3-4-17-13-18(21(23)25-2)6-5-16(17)11-14/h3-11,13H,12H2,1-2H3. The molecule has 0 heterocycles. The summed E-state index contributed by atoms with van der Waals surface area (Å²) in [5, 5.41) is 1.91. The Kier molecular flexibility index (Phi) is 4.80. The highest BCUT2D eigenvalue weighted by molar-refractivity contribution is 5.99. The maximum absolute atomic E-state index is 12.4. The van der Waals surface area contributed by atoms with Crippen LogP contribution in [0.5, 0.6) is 5.75 Å². The molecule has 3 aromatic rings. The highest BCUT2D eigenvalue weighted by atomic mass is 16.5. The average Bonchev–Trinajstić information content (AvgIpc) is 2.67. The zero-order chi connectivity index (χ0) is 17.8. The number of ether oxygens (including phenoxy) is 2. The van der Waals surface area contributed by atoms with E-state index < -0.39 is 0 Å². The van der Waals surface area contributed by atoms with Crippen LogP contribution in [-0.4, -0.2) is 26.0 Å². The Bertz CT molecular complexity index is 926. The number of hydrogen-bond acceptors (Lipinski definition) is 4. The monoisotopic (exact) mass is 334 g/mol. The Labute approximate surface area is 146 Å². The molecule has 0 aliphatic heterocycles. The summed E-state index contributed by atoms with van der Waals surface area (Å²) in [5.41, 5.74) is 2.10. The summed E-state index contributed by atoms with van der Waals surface area (Å²) in [6.45, 7) is 0. The summed E-state index contributed by atoms with van der Waals surface area (Å²) in [6.07, 6.45) is 0.320. The van der Waals surface area contributed by atoms with E-state index in [-0.39, 0.29) is 11.8 Å². The Hall–Kier alpha value is -3.14. The van der Waals surface area contributed by atoms with Gasteiger partial charge in [-0.1, -0.05) is 24.3 Å². The van der Waals surface area contributed by atoms with Gasteiger partial charge in [0, 0.05) is 12.0 Å². The minimum atomic E-state index is -0.360. The summed E-state index contributed by atoms with van der Waals surface area (Å²) >= 11 is 0. The van der Waals surface area contributed by atoms with Crippen LogP contribution < -0.4 is 4.74 Å². The van der Waals surface area contributed by atoms with Gasteiger partial charge in [0.15, 0.2) is 5.78 Å². The molecular formula is C21H18O4. The topological polar surface area (TPSA) is 52.6 Å². The van der Waals surface area contributed by atoms with E-state index in [0.29, 0.717) is 17.5 Å². The molecule has 126 valence electrons. The number of carbonyl (C=O) groups excluding carboxylic acids is 2. The highest BCUT2D eigenvalue weighted by Gasteiger charge is 2.09. The fraction of sp³-hybridized carbons (Fsp3) is 0.143. The second-order valence-corrected chi connectivity index (χ2v) is 5.72. The summed E-state index contributed by atoms with van der Waals surface area (Å²) in [7, 11) is 2.96. The maximum atomic E-state index is 12.4. The predicted octanol–water partition coefficient (Wildman–Crippen LogP) is 4.06. The first kappa shape index (κ1) is 16.7. The van der Waals surface area contributed by atoms with Crippen molar-refractivity contribution in [3.05, 3.63) is 77.4 Å². The molecule has 0 aromatic heterocycles. The maximum Gasteiger partial charge on any atom is 0.337 e. The van der Waals surface area contributed by atoms with Crippen LogP contribution in [0.25, 0.3) is 10.8 Å². The summed E-state index contributed by atoms with van der Waals surface area (Å²) < 4.78 is 9.84. The summed E-state index contributed by atoms with van der Waals surface area (Å²) in [4.78, 5) is 24.0. The highest BCUT2D eigenvalue weighted by Crippen LogP contribution is 2.20. The molecule has 0 spiro atoms. The minimum Gasteiger partial charge on any atom is -0.497 e. The van der Waals surface area contributed by atoms with Gasteiger partial charge >= 0.3 is 5.97 Å². The van der Waals surface area contributed by atoms with Crippen molar-refractivity contribution in [2.45, 2.75) is 6.42 Å². The van der Waals surface area contributed by atoms with Gasteiger partial charge in [0.2, 0.25) is 0 Å². The lowest BCUT2D eigenvalue weighted by molar-refractivity contribution is 0.0600. The normalized spacial score (nSPS) is 10.5. The SMILES string of the molecule is COC(=O)c1ccc2cc(CC(=O)c3ccc(OC)cc3)ccc2c1. The number of fused-ring (bicyclic) bond motifs is 1. The number of methoxy groups -OCH3 is 2. The van der Waals surface area contributed by atoms with Crippen LogP contribution in [0.2, 0.25) is 0 Å². The summed E-state index contributed by atoms with van der Waals surface area (Å²) in [5.74, 6) is 0.414. The van der Waals surface area contributed by atoms with Crippen LogP contribution in [0.15, 0.2) is 60.7 Å². The first-order valence-corrected chi connectivity index (χ1v) is 7.89. The molecule has 0 aliphatic rings. The first-order chi connectivity index (χ1) is 12.1. The van der Waals surface area contributed by atoms with E-state index in [1.54, 1.807) is 43.5 Å². The molecule has 0 aliphatic carbocycles. The van der Waals surface area contributed by atoms with Crippen LogP contribution in [0.3, 0.4) is 0 Å². The van der Waals surface area contributed by atoms with E-state index in [1.807, 2.05) is 24.3 Å². The molecule has 0 atom stereocenters. The Balaban J connectivity index is 1.81. The quantitative estimate of drug-likeness (QED) is 0.521. The molecule has 4 heteroatoms. The third-order valence-corrected chi connectivity index (χ3v) is 4.10. The van der Waals surface area contributed by atoms with E-state index >= 15 is 0 Å². The second-order valence-electron chi connectivity index (χ2n) is 5.72. The lowest BCUT2D eigenvalue weighted by Gasteiger charge is -2.06. The van der Waals surface area contributed by atoms with Crippen molar-refractivity contribution in [1.29, 1.82) is 0 Å². The molecule has 25 heavy (non-hydrogen) atoms. The minimum absolute atomic E-state index is 0.0492. The largest absolute Gasteiger partial charge is 0.497 e. The Morgan fingerprint density at radius 3 is 2.12 bits per heavy atom. The van der Waals surface area contributed by atoms with Crippen molar-refractivity contribution < 1.29 is 19.1 Å². The van der Waals surface area contributed by atoms with Crippen molar-refractivity contribution in [3.63, 3.8) is 0 Å². The molecule has 0 saturated carbocycles. The number of hydrogen-bond donors (Lipinski definition) is 0. The van der Waals surface area contributed by atoms with E-state index in [1.165, 1.54) is 7.11 Å².